The molecular formula is C19H27N5O. The van der Waals surface area contributed by atoms with Crippen LogP contribution in [0.5, 0.6) is 0 Å². The van der Waals surface area contributed by atoms with Gasteiger partial charge >= 0.3 is 0 Å². The number of aromatic amines is 1. The minimum Gasteiger partial charge on any atom is -0.350 e. The average Bonchev–Trinajstić information content (AvgIpc) is 3.24. The molecule has 1 amide bonds. The summed E-state index contributed by atoms with van der Waals surface area (Å²) in [4.78, 5) is 19.2. The highest BCUT2D eigenvalue weighted by Crippen LogP contribution is 2.30. The van der Waals surface area contributed by atoms with Crippen molar-refractivity contribution in [1.82, 2.24) is 25.4 Å². The fraction of sp³-hybridized carbons (Fsp3) is 0.526. The Bertz CT molecular complexity index is 710. The fourth-order valence-electron chi connectivity index (χ4n) is 3.15. The molecule has 1 aliphatic heterocycles. The molecule has 0 bridgehead atoms. The highest BCUT2D eigenvalue weighted by molar-refractivity contribution is 5.78. The zero-order valence-electron chi connectivity index (χ0n) is 15.2. The summed E-state index contributed by atoms with van der Waals surface area (Å²) in [5, 5.41) is 10.5. The van der Waals surface area contributed by atoms with Crippen molar-refractivity contribution in [3.63, 3.8) is 0 Å². The molecule has 25 heavy (non-hydrogen) atoms. The maximum atomic E-state index is 12.4. The number of hydrogen-bond donors (Lipinski definition) is 2. The SMILES string of the molecule is CCC(C)(C)NC(=O)CN1CCCC1c1nc(-c2ccccc2)n[nH]1. The molecule has 2 N–H and O–H groups in total. The highest BCUT2D eigenvalue weighted by atomic mass is 16.2. The molecule has 1 aromatic carbocycles. The van der Waals surface area contributed by atoms with Gasteiger partial charge in [-0.05, 0) is 39.7 Å². The predicted octanol–water partition coefficient (Wildman–Crippen LogP) is 2.91. The Morgan fingerprint density at radius 2 is 2.12 bits per heavy atom. The molecule has 1 unspecified atom stereocenters. The third-order valence-electron chi connectivity index (χ3n) is 4.92. The number of rotatable bonds is 6. The van der Waals surface area contributed by atoms with Gasteiger partial charge in [-0.3, -0.25) is 14.8 Å². The Kier molecular flexibility index (Phi) is 5.18. The van der Waals surface area contributed by atoms with Crippen molar-refractivity contribution in [2.45, 2.75) is 51.6 Å². The van der Waals surface area contributed by atoms with Gasteiger partial charge in [-0.1, -0.05) is 37.3 Å². The van der Waals surface area contributed by atoms with E-state index in [-0.39, 0.29) is 17.5 Å². The maximum Gasteiger partial charge on any atom is 0.234 e. The quantitative estimate of drug-likeness (QED) is 0.847. The van der Waals surface area contributed by atoms with Gasteiger partial charge in [0.1, 0.15) is 5.82 Å². The molecule has 1 fully saturated rings. The summed E-state index contributed by atoms with van der Waals surface area (Å²) in [5.41, 5.74) is 0.830. The van der Waals surface area contributed by atoms with Crippen LogP contribution in [-0.4, -0.2) is 44.6 Å². The van der Waals surface area contributed by atoms with Crippen molar-refractivity contribution in [1.29, 1.82) is 0 Å². The van der Waals surface area contributed by atoms with Crippen molar-refractivity contribution in [2.75, 3.05) is 13.1 Å². The second kappa shape index (κ2) is 7.35. The molecule has 3 rings (SSSR count). The van der Waals surface area contributed by atoms with Gasteiger partial charge in [0.05, 0.1) is 12.6 Å². The minimum absolute atomic E-state index is 0.0709. The van der Waals surface area contributed by atoms with Crippen LogP contribution in [0.15, 0.2) is 30.3 Å². The van der Waals surface area contributed by atoms with Crippen LogP contribution in [0, 0.1) is 0 Å². The third-order valence-corrected chi connectivity index (χ3v) is 4.92. The van der Waals surface area contributed by atoms with E-state index in [0.717, 1.165) is 37.2 Å². The Morgan fingerprint density at radius 3 is 2.84 bits per heavy atom. The van der Waals surface area contributed by atoms with E-state index in [2.05, 4.69) is 46.2 Å². The summed E-state index contributed by atoms with van der Waals surface area (Å²) in [5.74, 6) is 1.62. The van der Waals surface area contributed by atoms with E-state index in [1.807, 2.05) is 30.3 Å². The standard InChI is InChI=1S/C19H27N5O/c1-4-19(2,3)21-16(25)13-24-12-8-11-15(24)18-20-17(22-23-18)14-9-6-5-7-10-14/h5-7,9-10,15H,4,8,11-13H2,1-3H3,(H,21,25)(H,20,22,23). The largest absolute Gasteiger partial charge is 0.350 e. The van der Waals surface area contributed by atoms with Crippen LogP contribution in [0.3, 0.4) is 0 Å². The lowest BCUT2D eigenvalue weighted by molar-refractivity contribution is -0.124. The molecule has 6 heteroatoms. The first-order valence-electron chi connectivity index (χ1n) is 9.01. The molecule has 2 heterocycles. The second-order valence-corrected chi connectivity index (χ2v) is 7.32. The summed E-state index contributed by atoms with van der Waals surface area (Å²) in [7, 11) is 0. The molecule has 1 aromatic heterocycles. The van der Waals surface area contributed by atoms with Gasteiger partial charge in [-0.2, -0.15) is 5.10 Å². The van der Waals surface area contributed by atoms with Crippen molar-refractivity contribution >= 4 is 5.91 Å². The number of likely N-dealkylation sites (tertiary alicyclic amines) is 1. The molecule has 1 aliphatic rings. The Hall–Kier alpha value is -2.21. The minimum atomic E-state index is -0.168. The number of carbonyl (C=O) groups excluding carboxylic acids is 1. The van der Waals surface area contributed by atoms with Crippen LogP contribution in [0.25, 0.3) is 11.4 Å². The van der Waals surface area contributed by atoms with Gasteiger partial charge in [0.2, 0.25) is 5.91 Å². The number of amides is 1. The number of hydrogen-bond acceptors (Lipinski definition) is 4. The summed E-state index contributed by atoms with van der Waals surface area (Å²) in [6.07, 6.45) is 2.97. The lowest BCUT2D eigenvalue weighted by atomic mass is 10.0. The maximum absolute atomic E-state index is 12.4. The average molecular weight is 341 g/mol. The summed E-state index contributed by atoms with van der Waals surface area (Å²) >= 11 is 0. The molecule has 134 valence electrons. The number of nitrogens with one attached hydrogen (secondary N) is 2. The molecule has 6 nitrogen and oxygen atoms in total. The first-order chi connectivity index (χ1) is 12.0. The third kappa shape index (κ3) is 4.25. The van der Waals surface area contributed by atoms with E-state index < -0.39 is 0 Å². The zero-order valence-corrected chi connectivity index (χ0v) is 15.2. The monoisotopic (exact) mass is 341 g/mol. The van der Waals surface area contributed by atoms with Crippen molar-refractivity contribution in [2.24, 2.45) is 0 Å². The van der Waals surface area contributed by atoms with Crippen molar-refractivity contribution in [3.8, 4) is 11.4 Å². The first-order valence-corrected chi connectivity index (χ1v) is 9.01. The topological polar surface area (TPSA) is 73.9 Å². The summed E-state index contributed by atoms with van der Waals surface area (Å²) in [6.45, 7) is 7.49. The first kappa shape index (κ1) is 17.6. The number of carbonyl (C=O) groups is 1. The summed E-state index contributed by atoms with van der Waals surface area (Å²) in [6, 6.07) is 10.1. The van der Waals surface area contributed by atoms with Gasteiger partial charge in [-0.15, -0.1) is 0 Å². The van der Waals surface area contributed by atoms with Gasteiger partial charge in [0.15, 0.2) is 5.82 Å². The van der Waals surface area contributed by atoms with Crippen LogP contribution < -0.4 is 5.32 Å². The van der Waals surface area contributed by atoms with E-state index in [0.29, 0.717) is 12.4 Å². The Morgan fingerprint density at radius 1 is 1.36 bits per heavy atom. The van der Waals surface area contributed by atoms with Gasteiger partial charge < -0.3 is 5.32 Å². The second-order valence-electron chi connectivity index (χ2n) is 7.32. The molecule has 0 spiro atoms. The van der Waals surface area contributed by atoms with E-state index >= 15 is 0 Å². The van der Waals surface area contributed by atoms with E-state index in [1.54, 1.807) is 0 Å². The Balaban J connectivity index is 1.68. The highest BCUT2D eigenvalue weighted by Gasteiger charge is 2.31. The number of H-pyrrole nitrogens is 1. The van der Waals surface area contributed by atoms with Crippen LogP contribution in [-0.2, 0) is 4.79 Å². The molecule has 1 saturated heterocycles. The summed E-state index contributed by atoms with van der Waals surface area (Å²) < 4.78 is 0. The molecule has 0 aliphatic carbocycles. The normalized spacial score (nSPS) is 18.4. The van der Waals surface area contributed by atoms with E-state index in [1.165, 1.54) is 0 Å². The number of benzene rings is 1. The van der Waals surface area contributed by atoms with Gasteiger partial charge in [0, 0.05) is 11.1 Å². The van der Waals surface area contributed by atoms with Crippen molar-refractivity contribution < 1.29 is 4.79 Å². The van der Waals surface area contributed by atoms with Crippen LogP contribution in [0.4, 0.5) is 0 Å². The molecule has 0 saturated carbocycles. The number of nitrogens with zero attached hydrogens (tertiary/aromatic N) is 3. The van der Waals surface area contributed by atoms with Crippen LogP contribution >= 0.6 is 0 Å². The van der Waals surface area contributed by atoms with Gasteiger partial charge in [-0.25, -0.2) is 4.98 Å². The van der Waals surface area contributed by atoms with Crippen LogP contribution in [0.1, 0.15) is 51.9 Å². The van der Waals surface area contributed by atoms with E-state index in [9.17, 15) is 4.79 Å². The molecule has 2 aromatic rings. The zero-order chi connectivity index (χ0) is 17.9. The lowest BCUT2D eigenvalue weighted by Crippen LogP contribution is -2.47. The van der Waals surface area contributed by atoms with E-state index in [4.69, 9.17) is 0 Å². The predicted molar refractivity (Wildman–Crippen MR) is 97.9 cm³/mol. The lowest BCUT2D eigenvalue weighted by Gasteiger charge is -2.27. The molecule has 0 radical (unpaired) electrons. The Labute approximate surface area is 149 Å². The fourth-order valence-corrected chi connectivity index (χ4v) is 3.15. The van der Waals surface area contributed by atoms with Crippen LogP contribution in [0.2, 0.25) is 0 Å². The molecule has 1 atom stereocenters. The molecular weight excluding hydrogens is 314 g/mol. The van der Waals surface area contributed by atoms with Crippen molar-refractivity contribution in [3.05, 3.63) is 36.2 Å². The number of aromatic nitrogens is 3. The van der Waals surface area contributed by atoms with Gasteiger partial charge in [0.25, 0.3) is 0 Å². The smallest absolute Gasteiger partial charge is 0.234 e.